The standard InChI is InChI=1S/C30H34N2O9/c1-33-20-10-17(11-21(34-2)28(20)39-7)26-27(18-12-22(35-3)29(40-8)23(13-18)36-4)32(16-31-26)19-14-24(37-5)30(41-9)25(15-19)38-6/h10-16H,1-9H3. The quantitative estimate of drug-likeness (QED) is 0.225. The third-order valence-electron chi connectivity index (χ3n) is 6.57. The maximum atomic E-state index is 5.67. The minimum absolute atomic E-state index is 0.465. The lowest BCUT2D eigenvalue weighted by atomic mass is 10.0. The summed E-state index contributed by atoms with van der Waals surface area (Å²) in [6.45, 7) is 0. The Hall–Kier alpha value is -4.93. The molecular weight excluding hydrogens is 532 g/mol. The van der Waals surface area contributed by atoms with E-state index in [1.165, 1.54) is 0 Å². The summed E-state index contributed by atoms with van der Waals surface area (Å²) < 4.78 is 52.4. The van der Waals surface area contributed by atoms with Gasteiger partial charge in [-0.2, -0.15) is 0 Å². The second-order valence-electron chi connectivity index (χ2n) is 8.52. The van der Waals surface area contributed by atoms with Crippen molar-refractivity contribution in [2.75, 3.05) is 64.0 Å². The van der Waals surface area contributed by atoms with Crippen molar-refractivity contribution in [3.05, 3.63) is 42.7 Å². The molecule has 4 rings (SSSR count). The molecule has 0 N–H and O–H groups in total. The topological polar surface area (TPSA) is 101 Å². The summed E-state index contributed by atoms with van der Waals surface area (Å²) >= 11 is 0. The van der Waals surface area contributed by atoms with Gasteiger partial charge in [-0.05, 0) is 24.3 Å². The molecule has 3 aromatic carbocycles. The molecule has 218 valence electrons. The Kier molecular flexibility index (Phi) is 8.86. The van der Waals surface area contributed by atoms with Crippen molar-refractivity contribution >= 4 is 0 Å². The fourth-order valence-corrected chi connectivity index (χ4v) is 4.67. The fraction of sp³-hybridized carbons (Fsp3) is 0.300. The van der Waals surface area contributed by atoms with Crippen molar-refractivity contribution in [1.29, 1.82) is 0 Å². The van der Waals surface area contributed by atoms with Crippen LogP contribution in [-0.2, 0) is 0 Å². The summed E-state index contributed by atoms with van der Waals surface area (Å²) in [4.78, 5) is 4.84. The molecule has 0 fully saturated rings. The van der Waals surface area contributed by atoms with Crippen LogP contribution in [0.1, 0.15) is 0 Å². The first-order chi connectivity index (χ1) is 19.9. The van der Waals surface area contributed by atoms with Crippen LogP contribution in [0.15, 0.2) is 42.7 Å². The Bertz CT molecular complexity index is 1370. The number of hydrogen-bond donors (Lipinski definition) is 0. The van der Waals surface area contributed by atoms with E-state index < -0.39 is 0 Å². The van der Waals surface area contributed by atoms with E-state index in [1.54, 1.807) is 70.3 Å². The van der Waals surface area contributed by atoms with Gasteiger partial charge in [0.2, 0.25) is 17.2 Å². The average Bonchev–Trinajstić information content (AvgIpc) is 3.47. The van der Waals surface area contributed by atoms with Gasteiger partial charge >= 0.3 is 0 Å². The van der Waals surface area contributed by atoms with E-state index >= 15 is 0 Å². The van der Waals surface area contributed by atoms with Crippen molar-refractivity contribution < 1.29 is 42.6 Å². The summed E-state index contributed by atoms with van der Waals surface area (Å²) in [5.74, 6) is 4.31. The van der Waals surface area contributed by atoms with Crippen LogP contribution >= 0.6 is 0 Å². The van der Waals surface area contributed by atoms with Crippen molar-refractivity contribution in [3.8, 4) is 79.9 Å². The lowest BCUT2D eigenvalue weighted by molar-refractivity contribution is 0.324. The number of nitrogens with zero attached hydrogens (tertiary/aromatic N) is 2. The molecule has 0 atom stereocenters. The molecule has 0 saturated heterocycles. The fourth-order valence-electron chi connectivity index (χ4n) is 4.67. The Morgan fingerprint density at radius 3 is 1.12 bits per heavy atom. The molecule has 0 unspecified atom stereocenters. The number of imidazole rings is 1. The SMILES string of the molecule is COc1cc(-c2ncn(-c3cc(OC)c(OC)c(OC)c3)c2-c2cc(OC)c(OC)c(OC)c2)cc(OC)c1OC. The third kappa shape index (κ3) is 5.18. The molecule has 11 heteroatoms. The molecular formula is C30H34N2O9. The number of hydrogen-bond acceptors (Lipinski definition) is 10. The molecule has 41 heavy (non-hydrogen) atoms. The second kappa shape index (κ2) is 12.5. The van der Waals surface area contributed by atoms with Crippen molar-refractivity contribution in [2.24, 2.45) is 0 Å². The van der Waals surface area contributed by atoms with Gasteiger partial charge in [0.1, 0.15) is 6.33 Å². The molecule has 0 saturated carbocycles. The zero-order valence-electron chi connectivity index (χ0n) is 24.6. The van der Waals surface area contributed by atoms with Crippen LogP contribution in [0.5, 0.6) is 51.7 Å². The third-order valence-corrected chi connectivity index (χ3v) is 6.57. The van der Waals surface area contributed by atoms with Gasteiger partial charge < -0.3 is 42.6 Å². The summed E-state index contributed by atoms with van der Waals surface area (Å²) in [6, 6.07) is 11.1. The molecule has 1 heterocycles. The smallest absolute Gasteiger partial charge is 0.203 e. The molecule has 0 spiro atoms. The van der Waals surface area contributed by atoms with Crippen LogP contribution in [0.3, 0.4) is 0 Å². The molecule has 0 aliphatic rings. The Labute approximate surface area is 239 Å². The van der Waals surface area contributed by atoms with E-state index in [4.69, 9.17) is 47.6 Å². The molecule has 0 amide bonds. The minimum Gasteiger partial charge on any atom is -0.493 e. The zero-order chi connectivity index (χ0) is 29.7. The van der Waals surface area contributed by atoms with Crippen LogP contribution < -0.4 is 42.6 Å². The predicted octanol–water partition coefficient (Wildman–Crippen LogP) is 5.28. The summed E-state index contributed by atoms with van der Waals surface area (Å²) in [5.41, 5.74) is 3.47. The monoisotopic (exact) mass is 566 g/mol. The van der Waals surface area contributed by atoms with Crippen molar-refractivity contribution in [1.82, 2.24) is 9.55 Å². The Morgan fingerprint density at radius 2 is 0.780 bits per heavy atom. The van der Waals surface area contributed by atoms with Crippen molar-refractivity contribution in [3.63, 3.8) is 0 Å². The lowest BCUT2D eigenvalue weighted by Gasteiger charge is -2.19. The lowest BCUT2D eigenvalue weighted by Crippen LogP contribution is -2.02. The van der Waals surface area contributed by atoms with E-state index in [1.807, 2.05) is 41.0 Å². The van der Waals surface area contributed by atoms with Gasteiger partial charge in [0, 0.05) is 23.3 Å². The predicted molar refractivity (Wildman–Crippen MR) is 153 cm³/mol. The van der Waals surface area contributed by atoms with Gasteiger partial charge in [-0.25, -0.2) is 4.98 Å². The first-order valence-electron chi connectivity index (χ1n) is 12.4. The molecule has 0 bridgehead atoms. The van der Waals surface area contributed by atoms with Gasteiger partial charge in [-0.3, -0.25) is 4.57 Å². The molecule has 0 radical (unpaired) electrons. The summed E-state index contributed by atoms with van der Waals surface area (Å²) in [6.07, 6.45) is 1.71. The Morgan fingerprint density at radius 1 is 0.439 bits per heavy atom. The first kappa shape index (κ1) is 29.1. The van der Waals surface area contributed by atoms with Crippen molar-refractivity contribution in [2.45, 2.75) is 0 Å². The molecule has 11 nitrogen and oxygen atoms in total. The van der Waals surface area contributed by atoms with Gasteiger partial charge in [-0.15, -0.1) is 0 Å². The zero-order valence-corrected chi connectivity index (χ0v) is 24.6. The van der Waals surface area contributed by atoms with Gasteiger partial charge in [-0.1, -0.05) is 0 Å². The van der Waals surface area contributed by atoms with E-state index in [2.05, 4.69) is 0 Å². The average molecular weight is 567 g/mol. The maximum Gasteiger partial charge on any atom is 0.203 e. The van der Waals surface area contributed by atoms with E-state index in [0.29, 0.717) is 68.8 Å². The van der Waals surface area contributed by atoms with Gasteiger partial charge in [0.25, 0.3) is 0 Å². The van der Waals surface area contributed by atoms with E-state index in [0.717, 1.165) is 11.1 Å². The maximum absolute atomic E-state index is 5.67. The largest absolute Gasteiger partial charge is 0.493 e. The molecule has 4 aromatic rings. The van der Waals surface area contributed by atoms with E-state index in [9.17, 15) is 0 Å². The minimum atomic E-state index is 0.465. The van der Waals surface area contributed by atoms with Gasteiger partial charge in [0.15, 0.2) is 34.5 Å². The molecule has 0 aliphatic heterocycles. The Balaban J connectivity index is 2.10. The number of rotatable bonds is 12. The van der Waals surface area contributed by atoms with Crippen LogP contribution in [0.2, 0.25) is 0 Å². The van der Waals surface area contributed by atoms with E-state index in [-0.39, 0.29) is 0 Å². The second-order valence-corrected chi connectivity index (χ2v) is 8.52. The highest BCUT2D eigenvalue weighted by molar-refractivity contribution is 5.84. The van der Waals surface area contributed by atoms with Crippen LogP contribution in [0.25, 0.3) is 28.2 Å². The normalized spacial score (nSPS) is 10.6. The highest BCUT2D eigenvalue weighted by Gasteiger charge is 2.25. The molecule has 0 aliphatic carbocycles. The highest BCUT2D eigenvalue weighted by Crippen LogP contribution is 2.47. The highest BCUT2D eigenvalue weighted by atomic mass is 16.5. The van der Waals surface area contributed by atoms with Gasteiger partial charge in [0.05, 0.1) is 81.1 Å². The molecule has 1 aromatic heterocycles. The van der Waals surface area contributed by atoms with Crippen LogP contribution in [0, 0.1) is 0 Å². The van der Waals surface area contributed by atoms with Crippen LogP contribution in [0.4, 0.5) is 0 Å². The number of ether oxygens (including phenoxy) is 9. The first-order valence-corrected chi connectivity index (χ1v) is 12.4. The number of methoxy groups -OCH3 is 9. The summed E-state index contributed by atoms with van der Waals surface area (Å²) in [7, 11) is 14.1. The number of benzene rings is 3. The summed E-state index contributed by atoms with van der Waals surface area (Å²) in [5, 5.41) is 0. The number of aromatic nitrogens is 2. The van der Waals surface area contributed by atoms with Crippen LogP contribution in [-0.4, -0.2) is 73.5 Å².